The predicted octanol–water partition coefficient (Wildman–Crippen LogP) is 3.60. The van der Waals surface area contributed by atoms with Crippen LogP contribution in [0.3, 0.4) is 0 Å². The van der Waals surface area contributed by atoms with Crippen molar-refractivity contribution in [1.29, 1.82) is 0 Å². The van der Waals surface area contributed by atoms with E-state index in [-0.39, 0.29) is 11.9 Å². The molecule has 2 aromatic rings. The lowest BCUT2D eigenvalue weighted by Gasteiger charge is -2.19. The van der Waals surface area contributed by atoms with Crippen molar-refractivity contribution in [3.05, 3.63) is 65.5 Å². The molecule has 2 aromatic carbocycles. The molecule has 2 nitrogen and oxygen atoms in total. The van der Waals surface area contributed by atoms with E-state index in [0.717, 1.165) is 11.3 Å². The molecule has 0 aliphatic carbocycles. The molecule has 0 radical (unpaired) electrons. The maximum Gasteiger partial charge on any atom is 0.125 e. The van der Waals surface area contributed by atoms with Crippen LogP contribution in [0.25, 0.3) is 0 Å². The Morgan fingerprint density at radius 1 is 1.05 bits per heavy atom. The second-order valence-corrected chi connectivity index (χ2v) is 4.55. The van der Waals surface area contributed by atoms with Crippen LogP contribution in [0, 0.1) is 12.7 Å². The van der Waals surface area contributed by atoms with Crippen LogP contribution in [0.1, 0.15) is 23.7 Å². The largest absolute Gasteiger partial charge is 0.486 e. The summed E-state index contributed by atoms with van der Waals surface area (Å²) in [6.45, 7) is 2.55. The molecule has 0 spiro atoms. The summed E-state index contributed by atoms with van der Waals surface area (Å²) in [6.07, 6.45) is 0.549. The van der Waals surface area contributed by atoms with Crippen LogP contribution >= 0.6 is 0 Å². The van der Waals surface area contributed by atoms with Crippen LogP contribution in [0.2, 0.25) is 0 Å². The second kappa shape index (κ2) is 6.34. The van der Waals surface area contributed by atoms with Gasteiger partial charge in [0.1, 0.15) is 17.7 Å². The van der Waals surface area contributed by atoms with Gasteiger partial charge in [0, 0.05) is 6.42 Å². The van der Waals surface area contributed by atoms with Crippen molar-refractivity contribution < 1.29 is 9.13 Å². The molecule has 2 rings (SSSR count). The molecule has 0 saturated carbocycles. The Hall–Kier alpha value is -1.87. The van der Waals surface area contributed by atoms with E-state index >= 15 is 0 Å². The number of benzene rings is 2. The molecule has 100 valence electrons. The van der Waals surface area contributed by atoms with Crippen LogP contribution in [0.4, 0.5) is 4.39 Å². The normalized spacial score (nSPS) is 12.2. The number of halogens is 1. The maximum absolute atomic E-state index is 12.9. The van der Waals surface area contributed by atoms with Crippen LogP contribution in [-0.2, 0) is 0 Å². The van der Waals surface area contributed by atoms with E-state index in [1.807, 2.05) is 31.2 Å². The second-order valence-electron chi connectivity index (χ2n) is 4.55. The molecule has 0 saturated heterocycles. The molecule has 19 heavy (non-hydrogen) atoms. The van der Waals surface area contributed by atoms with E-state index in [4.69, 9.17) is 10.5 Å². The van der Waals surface area contributed by atoms with E-state index < -0.39 is 0 Å². The van der Waals surface area contributed by atoms with E-state index in [1.54, 1.807) is 12.1 Å². The molecule has 3 heteroatoms. The smallest absolute Gasteiger partial charge is 0.125 e. The van der Waals surface area contributed by atoms with E-state index in [2.05, 4.69) is 0 Å². The first-order valence-electron chi connectivity index (χ1n) is 6.38. The average Bonchev–Trinajstić information content (AvgIpc) is 2.42. The fourth-order valence-corrected chi connectivity index (χ4v) is 1.90. The first-order valence-corrected chi connectivity index (χ1v) is 6.38. The minimum atomic E-state index is -0.245. The van der Waals surface area contributed by atoms with Gasteiger partial charge in [0.2, 0.25) is 0 Å². The fraction of sp³-hybridized carbons (Fsp3) is 0.250. The van der Waals surface area contributed by atoms with Crippen molar-refractivity contribution in [2.45, 2.75) is 19.4 Å². The van der Waals surface area contributed by atoms with Crippen molar-refractivity contribution in [2.24, 2.45) is 5.73 Å². The predicted molar refractivity (Wildman–Crippen MR) is 74.6 cm³/mol. The Balaban J connectivity index is 2.15. The molecule has 1 unspecified atom stereocenters. The van der Waals surface area contributed by atoms with Crippen molar-refractivity contribution >= 4 is 0 Å². The summed E-state index contributed by atoms with van der Waals surface area (Å²) in [5.41, 5.74) is 7.74. The highest BCUT2D eigenvalue weighted by atomic mass is 19.1. The van der Waals surface area contributed by atoms with Gasteiger partial charge in [-0.3, -0.25) is 0 Å². The standard InChI is InChI=1S/C16H18FNO/c1-12-2-8-15(9-3-12)19-16(10-11-18)13-4-6-14(17)7-5-13/h2-9,16H,10-11,18H2,1H3. The zero-order valence-corrected chi connectivity index (χ0v) is 11.0. The van der Waals surface area contributed by atoms with Crippen molar-refractivity contribution in [1.82, 2.24) is 0 Å². The van der Waals surface area contributed by atoms with Crippen LogP contribution < -0.4 is 10.5 Å². The van der Waals surface area contributed by atoms with E-state index in [0.29, 0.717) is 13.0 Å². The Morgan fingerprint density at radius 3 is 2.26 bits per heavy atom. The van der Waals surface area contributed by atoms with Crippen molar-refractivity contribution in [2.75, 3.05) is 6.54 Å². The van der Waals surface area contributed by atoms with Crippen molar-refractivity contribution in [3.63, 3.8) is 0 Å². The highest BCUT2D eigenvalue weighted by Crippen LogP contribution is 2.24. The molecule has 0 amide bonds. The highest BCUT2D eigenvalue weighted by molar-refractivity contribution is 5.28. The first-order chi connectivity index (χ1) is 9.19. The third-order valence-corrected chi connectivity index (χ3v) is 2.97. The summed E-state index contributed by atoms with van der Waals surface area (Å²) < 4.78 is 18.9. The molecule has 0 aliphatic rings. The topological polar surface area (TPSA) is 35.2 Å². The lowest BCUT2D eigenvalue weighted by Crippen LogP contribution is -2.13. The molecule has 2 N–H and O–H groups in total. The van der Waals surface area contributed by atoms with Gasteiger partial charge in [-0.05, 0) is 43.3 Å². The van der Waals surface area contributed by atoms with Crippen LogP contribution in [0.5, 0.6) is 5.75 Å². The van der Waals surface area contributed by atoms with Gasteiger partial charge in [0.15, 0.2) is 0 Å². The van der Waals surface area contributed by atoms with Gasteiger partial charge < -0.3 is 10.5 Å². The van der Waals surface area contributed by atoms with E-state index in [9.17, 15) is 4.39 Å². The van der Waals surface area contributed by atoms with Gasteiger partial charge in [-0.2, -0.15) is 0 Å². The van der Waals surface area contributed by atoms with Crippen LogP contribution in [0.15, 0.2) is 48.5 Å². The molecule has 1 atom stereocenters. The summed E-state index contributed by atoms with van der Waals surface area (Å²) in [5.74, 6) is 0.555. The van der Waals surface area contributed by atoms with Gasteiger partial charge in [0.05, 0.1) is 0 Å². The summed E-state index contributed by atoms with van der Waals surface area (Å²) in [7, 11) is 0. The number of rotatable bonds is 5. The zero-order valence-electron chi connectivity index (χ0n) is 11.0. The number of aryl methyl sites for hydroxylation is 1. The SMILES string of the molecule is Cc1ccc(OC(CCN)c2ccc(F)cc2)cc1. The summed E-state index contributed by atoms with van der Waals surface area (Å²) in [4.78, 5) is 0. The van der Waals surface area contributed by atoms with Gasteiger partial charge >= 0.3 is 0 Å². The fourth-order valence-electron chi connectivity index (χ4n) is 1.90. The number of ether oxygens (including phenoxy) is 1. The van der Waals surface area contributed by atoms with Crippen LogP contribution in [-0.4, -0.2) is 6.54 Å². The van der Waals surface area contributed by atoms with E-state index in [1.165, 1.54) is 17.7 Å². The minimum absolute atomic E-state index is 0.145. The van der Waals surface area contributed by atoms with Gasteiger partial charge in [-0.1, -0.05) is 29.8 Å². The molecule has 0 aliphatic heterocycles. The molecule has 0 heterocycles. The third-order valence-electron chi connectivity index (χ3n) is 2.97. The quantitative estimate of drug-likeness (QED) is 0.890. The number of hydrogen-bond acceptors (Lipinski definition) is 2. The summed E-state index contributed by atoms with van der Waals surface area (Å²) in [6, 6.07) is 14.2. The maximum atomic E-state index is 12.9. The molecule has 0 bridgehead atoms. The van der Waals surface area contributed by atoms with Gasteiger partial charge in [-0.15, -0.1) is 0 Å². The summed E-state index contributed by atoms with van der Waals surface area (Å²) >= 11 is 0. The summed E-state index contributed by atoms with van der Waals surface area (Å²) in [5, 5.41) is 0. The minimum Gasteiger partial charge on any atom is -0.486 e. The number of nitrogens with two attached hydrogens (primary N) is 1. The lowest BCUT2D eigenvalue weighted by atomic mass is 10.1. The average molecular weight is 259 g/mol. The van der Waals surface area contributed by atoms with Gasteiger partial charge in [-0.25, -0.2) is 4.39 Å². The molecular weight excluding hydrogens is 241 g/mol. The Morgan fingerprint density at radius 2 is 1.68 bits per heavy atom. The molecule has 0 aromatic heterocycles. The third kappa shape index (κ3) is 3.80. The first kappa shape index (κ1) is 13.6. The van der Waals surface area contributed by atoms with Gasteiger partial charge in [0.25, 0.3) is 0 Å². The molecular formula is C16H18FNO. The Bertz CT molecular complexity index is 507. The molecule has 0 fully saturated rings. The zero-order chi connectivity index (χ0) is 13.7. The monoisotopic (exact) mass is 259 g/mol. The van der Waals surface area contributed by atoms with Crippen molar-refractivity contribution in [3.8, 4) is 5.75 Å². The number of hydrogen-bond donors (Lipinski definition) is 1. The Labute approximate surface area is 113 Å². The Kier molecular flexibility index (Phi) is 4.53. The lowest BCUT2D eigenvalue weighted by molar-refractivity contribution is 0.197. The highest BCUT2D eigenvalue weighted by Gasteiger charge is 2.12.